The molecule has 3 nitrogen and oxygen atoms in total. The van der Waals surface area contributed by atoms with Gasteiger partial charge < -0.3 is 5.32 Å². The van der Waals surface area contributed by atoms with Gasteiger partial charge in [0.2, 0.25) is 0 Å². The van der Waals surface area contributed by atoms with E-state index >= 15 is 0 Å². The highest BCUT2D eigenvalue weighted by atomic mass is 15.1. The lowest BCUT2D eigenvalue weighted by Crippen LogP contribution is -2.40. The largest absolute Gasteiger partial charge is 0.317 e. The number of piperidine rings is 1. The van der Waals surface area contributed by atoms with Crippen LogP contribution in [0.4, 0.5) is 0 Å². The van der Waals surface area contributed by atoms with E-state index in [1.54, 1.807) is 0 Å². The minimum Gasteiger partial charge on any atom is -0.317 e. The van der Waals surface area contributed by atoms with Crippen LogP contribution in [-0.2, 0) is 6.54 Å². The fourth-order valence-electron chi connectivity index (χ4n) is 2.83. The summed E-state index contributed by atoms with van der Waals surface area (Å²) in [5.41, 5.74) is 2.26. The zero-order valence-corrected chi connectivity index (χ0v) is 11.5. The highest BCUT2D eigenvalue weighted by Gasteiger charge is 2.17. The van der Waals surface area contributed by atoms with E-state index in [2.05, 4.69) is 53.7 Å². The molecule has 1 aromatic carbocycles. The number of rotatable bonds is 3. The smallest absolute Gasteiger partial charge is 0.0705 e. The number of hydrogen-bond donors (Lipinski definition) is 1. The quantitative estimate of drug-likeness (QED) is 0.913. The van der Waals surface area contributed by atoms with Gasteiger partial charge in [-0.15, -0.1) is 0 Å². The molecule has 0 amide bonds. The number of benzene rings is 1. The first kappa shape index (κ1) is 12.6. The molecule has 3 rings (SSSR count). The lowest BCUT2D eigenvalue weighted by molar-refractivity contribution is 0.190. The topological polar surface area (TPSA) is 28.2 Å². The molecule has 1 fully saturated rings. The molecule has 0 bridgehead atoms. The van der Waals surface area contributed by atoms with Crippen LogP contribution in [0.5, 0.6) is 0 Å². The van der Waals surface area contributed by atoms with E-state index in [0.29, 0.717) is 6.04 Å². The van der Waals surface area contributed by atoms with E-state index in [9.17, 15) is 0 Å². The maximum absolute atomic E-state index is 4.75. The van der Waals surface area contributed by atoms with Gasteiger partial charge in [-0.1, -0.05) is 24.3 Å². The second-order valence-corrected chi connectivity index (χ2v) is 5.39. The molecule has 100 valence electrons. The van der Waals surface area contributed by atoms with Crippen molar-refractivity contribution in [3.05, 3.63) is 42.1 Å². The van der Waals surface area contributed by atoms with Crippen LogP contribution in [0.2, 0.25) is 0 Å². The van der Waals surface area contributed by atoms with Crippen molar-refractivity contribution in [1.82, 2.24) is 15.2 Å². The number of nitrogens with one attached hydrogen (secondary N) is 1. The van der Waals surface area contributed by atoms with E-state index in [0.717, 1.165) is 25.2 Å². The van der Waals surface area contributed by atoms with Gasteiger partial charge in [-0.3, -0.25) is 9.88 Å². The van der Waals surface area contributed by atoms with Gasteiger partial charge in [-0.25, -0.2) is 0 Å². The molecule has 1 saturated heterocycles. The number of pyridine rings is 1. The fraction of sp³-hybridized carbons (Fsp3) is 0.438. The SMILES string of the molecule is CN(Cc1ccc2ccccc2n1)C1CCNCC1. The van der Waals surface area contributed by atoms with E-state index in [1.165, 1.54) is 23.9 Å². The zero-order chi connectivity index (χ0) is 13.1. The van der Waals surface area contributed by atoms with Gasteiger partial charge >= 0.3 is 0 Å². The average Bonchev–Trinajstić information content (AvgIpc) is 2.48. The van der Waals surface area contributed by atoms with Crippen molar-refractivity contribution >= 4 is 10.9 Å². The van der Waals surface area contributed by atoms with Crippen molar-refractivity contribution in [2.45, 2.75) is 25.4 Å². The Morgan fingerprint density at radius 2 is 1.95 bits per heavy atom. The predicted octanol–water partition coefficient (Wildman–Crippen LogP) is 2.42. The Balaban J connectivity index is 1.73. The van der Waals surface area contributed by atoms with Crippen LogP contribution < -0.4 is 5.32 Å². The second kappa shape index (κ2) is 5.68. The number of aromatic nitrogens is 1. The highest BCUT2D eigenvalue weighted by Crippen LogP contribution is 2.16. The van der Waals surface area contributed by atoms with Crippen molar-refractivity contribution in [3.8, 4) is 0 Å². The third kappa shape index (κ3) is 2.94. The van der Waals surface area contributed by atoms with Crippen LogP contribution in [0.25, 0.3) is 10.9 Å². The van der Waals surface area contributed by atoms with Crippen LogP contribution in [0.1, 0.15) is 18.5 Å². The molecule has 1 aromatic heterocycles. The molecule has 1 N–H and O–H groups in total. The van der Waals surface area contributed by atoms with Crippen molar-refractivity contribution in [1.29, 1.82) is 0 Å². The third-order valence-corrected chi connectivity index (χ3v) is 4.00. The Kier molecular flexibility index (Phi) is 3.76. The van der Waals surface area contributed by atoms with Gasteiger partial charge in [0.05, 0.1) is 11.2 Å². The molecule has 2 heterocycles. The Labute approximate surface area is 114 Å². The highest BCUT2D eigenvalue weighted by molar-refractivity contribution is 5.78. The molecule has 0 radical (unpaired) electrons. The summed E-state index contributed by atoms with van der Waals surface area (Å²) in [6.45, 7) is 3.22. The molecule has 3 heteroatoms. The molecule has 0 atom stereocenters. The monoisotopic (exact) mass is 255 g/mol. The predicted molar refractivity (Wildman–Crippen MR) is 79.1 cm³/mol. The maximum Gasteiger partial charge on any atom is 0.0705 e. The van der Waals surface area contributed by atoms with Gasteiger partial charge in [0.15, 0.2) is 0 Å². The van der Waals surface area contributed by atoms with Crippen molar-refractivity contribution < 1.29 is 0 Å². The second-order valence-electron chi connectivity index (χ2n) is 5.39. The Hall–Kier alpha value is -1.45. The average molecular weight is 255 g/mol. The van der Waals surface area contributed by atoms with Gasteiger partial charge in [0.25, 0.3) is 0 Å². The van der Waals surface area contributed by atoms with Crippen LogP contribution in [0.3, 0.4) is 0 Å². The normalized spacial score (nSPS) is 17.2. The summed E-state index contributed by atoms with van der Waals surface area (Å²) in [5.74, 6) is 0. The number of fused-ring (bicyclic) bond motifs is 1. The molecule has 0 spiro atoms. The van der Waals surface area contributed by atoms with E-state index in [-0.39, 0.29) is 0 Å². The van der Waals surface area contributed by atoms with E-state index in [4.69, 9.17) is 4.98 Å². The number of nitrogens with zero attached hydrogens (tertiary/aromatic N) is 2. The molecule has 1 aliphatic rings. The summed E-state index contributed by atoms with van der Waals surface area (Å²) in [6.07, 6.45) is 2.48. The summed E-state index contributed by atoms with van der Waals surface area (Å²) in [6, 6.07) is 13.3. The van der Waals surface area contributed by atoms with Crippen LogP contribution >= 0.6 is 0 Å². The first-order valence-corrected chi connectivity index (χ1v) is 7.08. The van der Waals surface area contributed by atoms with Crippen molar-refractivity contribution in [3.63, 3.8) is 0 Å². The van der Waals surface area contributed by atoms with Gasteiger partial charge in [-0.2, -0.15) is 0 Å². The van der Waals surface area contributed by atoms with E-state index in [1.807, 2.05) is 0 Å². The lowest BCUT2D eigenvalue weighted by atomic mass is 10.1. The van der Waals surface area contributed by atoms with Gasteiger partial charge in [0, 0.05) is 18.0 Å². The van der Waals surface area contributed by atoms with Crippen LogP contribution in [-0.4, -0.2) is 36.1 Å². The molecular weight excluding hydrogens is 234 g/mol. The molecule has 19 heavy (non-hydrogen) atoms. The first-order valence-electron chi connectivity index (χ1n) is 7.08. The summed E-state index contributed by atoms with van der Waals surface area (Å²) in [4.78, 5) is 7.20. The zero-order valence-electron chi connectivity index (χ0n) is 11.5. The van der Waals surface area contributed by atoms with Crippen LogP contribution in [0.15, 0.2) is 36.4 Å². The van der Waals surface area contributed by atoms with Crippen LogP contribution in [0, 0.1) is 0 Å². The maximum atomic E-state index is 4.75. The number of hydrogen-bond acceptors (Lipinski definition) is 3. The molecule has 1 aliphatic heterocycles. The van der Waals surface area contributed by atoms with Crippen molar-refractivity contribution in [2.75, 3.05) is 20.1 Å². The molecule has 0 aliphatic carbocycles. The summed E-state index contributed by atoms with van der Waals surface area (Å²) >= 11 is 0. The Morgan fingerprint density at radius 1 is 1.16 bits per heavy atom. The van der Waals surface area contributed by atoms with Gasteiger partial charge in [0.1, 0.15) is 0 Å². The standard InChI is InChI=1S/C16H21N3/c1-19(15-8-10-17-11-9-15)12-14-7-6-13-4-2-3-5-16(13)18-14/h2-7,15,17H,8-12H2,1H3. The van der Waals surface area contributed by atoms with Gasteiger partial charge in [-0.05, 0) is 45.1 Å². The summed E-state index contributed by atoms with van der Waals surface area (Å²) in [7, 11) is 2.22. The molecule has 0 unspecified atom stereocenters. The molecule has 2 aromatic rings. The molecular formula is C16H21N3. The minimum atomic E-state index is 0.689. The number of para-hydroxylation sites is 1. The Bertz CT molecular complexity index is 546. The van der Waals surface area contributed by atoms with E-state index < -0.39 is 0 Å². The Morgan fingerprint density at radius 3 is 2.79 bits per heavy atom. The first-order chi connectivity index (χ1) is 9.33. The lowest BCUT2D eigenvalue weighted by Gasteiger charge is -2.31. The summed E-state index contributed by atoms with van der Waals surface area (Å²) in [5, 5.41) is 4.63. The third-order valence-electron chi connectivity index (χ3n) is 4.00. The fourth-order valence-corrected chi connectivity index (χ4v) is 2.83. The van der Waals surface area contributed by atoms with Crippen molar-refractivity contribution in [2.24, 2.45) is 0 Å². The molecule has 0 saturated carbocycles. The summed E-state index contributed by atoms with van der Waals surface area (Å²) < 4.78 is 0. The minimum absolute atomic E-state index is 0.689.